The fourth-order valence-corrected chi connectivity index (χ4v) is 6.10. The molecule has 0 aliphatic heterocycles. The Kier molecular flexibility index (Phi) is 7.31. The minimum Gasteiger partial charge on any atom is -0.393 e. The van der Waals surface area contributed by atoms with Gasteiger partial charge in [-0.15, -0.1) is 0 Å². The molecular weight excluding hydrogens is 352 g/mol. The van der Waals surface area contributed by atoms with E-state index < -0.39 is 0 Å². The van der Waals surface area contributed by atoms with Gasteiger partial charge in [-0.2, -0.15) is 0 Å². The van der Waals surface area contributed by atoms with Gasteiger partial charge in [-0.05, 0) is 98.0 Å². The van der Waals surface area contributed by atoms with E-state index in [4.69, 9.17) is 0 Å². The van der Waals surface area contributed by atoms with Crippen LogP contribution in [0.1, 0.15) is 86.5 Å². The molecule has 3 rings (SSSR count). The van der Waals surface area contributed by atoms with Crippen LogP contribution >= 0.6 is 0 Å². The van der Waals surface area contributed by atoms with Crippen molar-refractivity contribution in [1.29, 1.82) is 0 Å². The van der Waals surface area contributed by atoms with Crippen molar-refractivity contribution in [2.75, 3.05) is 0 Å². The molecule has 0 aromatic carbocycles. The molecule has 0 saturated heterocycles. The van der Waals surface area contributed by atoms with Crippen LogP contribution in [0.25, 0.3) is 0 Å². The van der Waals surface area contributed by atoms with Gasteiger partial charge < -0.3 is 5.11 Å². The largest absolute Gasteiger partial charge is 0.393 e. The molecule has 0 aromatic heterocycles. The lowest BCUT2D eigenvalue weighted by Crippen LogP contribution is -2.34. The maximum Gasteiger partial charge on any atom is 0.0583 e. The molecule has 0 amide bonds. The number of hydrogen-bond acceptors (Lipinski definition) is 1. The van der Waals surface area contributed by atoms with Crippen molar-refractivity contribution < 1.29 is 5.11 Å². The van der Waals surface area contributed by atoms with Crippen LogP contribution in [0.5, 0.6) is 0 Å². The Hall–Kier alpha value is -1.08. The third-order valence-corrected chi connectivity index (χ3v) is 8.61. The number of aliphatic hydroxyl groups is 1. The Morgan fingerprint density at radius 3 is 2.55 bits per heavy atom. The van der Waals surface area contributed by atoms with Gasteiger partial charge in [0.2, 0.25) is 0 Å². The van der Waals surface area contributed by atoms with Gasteiger partial charge in [-0.25, -0.2) is 0 Å². The van der Waals surface area contributed by atoms with E-state index in [1.54, 1.807) is 5.57 Å². The lowest BCUT2D eigenvalue weighted by Gasteiger charge is -2.42. The summed E-state index contributed by atoms with van der Waals surface area (Å²) < 4.78 is 0. The molecule has 1 fully saturated rings. The first-order chi connectivity index (χ1) is 13.7. The molecule has 0 heterocycles. The molecule has 0 bridgehead atoms. The Morgan fingerprint density at radius 2 is 1.83 bits per heavy atom. The Morgan fingerprint density at radius 1 is 1.07 bits per heavy atom. The average Bonchev–Trinajstić information content (AvgIpc) is 3.04. The van der Waals surface area contributed by atoms with Crippen LogP contribution < -0.4 is 0 Å². The monoisotopic (exact) mass is 396 g/mol. The van der Waals surface area contributed by atoms with Crippen LogP contribution in [0.15, 0.2) is 47.1 Å². The van der Waals surface area contributed by atoms with Crippen molar-refractivity contribution in [3.63, 3.8) is 0 Å². The highest BCUT2D eigenvalue weighted by Crippen LogP contribution is 2.58. The summed E-state index contributed by atoms with van der Waals surface area (Å²) in [5.74, 6) is 3.53. The fourth-order valence-electron chi connectivity index (χ4n) is 6.10. The summed E-state index contributed by atoms with van der Waals surface area (Å²) in [5.41, 5.74) is 4.82. The van der Waals surface area contributed by atoms with Gasteiger partial charge >= 0.3 is 0 Å². The summed E-state index contributed by atoms with van der Waals surface area (Å²) >= 11 is 0. The lowest BCUT2D eigenvalue weighted by molar-refractivity contribution is 0.129. The van der Waals surface area contributed by atoms with Crippen LogP contribution in [0.2, 0.25) is 0 Å². The molecule has 0 radical (unpaired) electrons. The van der Waals surface area contributed by atoms with E-state index in [1.165, 1.54) is 36.8 Å². The van der Waals surface area contributed by atoms with Gasteiger partial charge in [-0.1, -0.05) is 70.6 Å². The maximum absolute atomic E-state index is 10.1. The smallest absolute Gasteiger partial charge is 0.0583 e. The van der Waals surface area contributed by atoms with Crippen LogP contribution in [0.3, 0.4) is 0 Å². The van der Waals surface area contributed by atoms with Gasteiger partial charge in [0.05, 0.1) is 6.10 Å². The minimum absolute atomic E-state index is 0.152. The first kappa shape index (κ1) is 22.6. The van der Waals surface area contributed by atoms with Gasteiger partial charge in [0.15, 0.2) is 0 Å². The third kappa shape index (κ3) is 4.98. The van der Waals surface area contributed by atoms with E-state index in [-0.39, 0.29) is 6.10 Å². The fraction of sp³-hybridized carbons (Fsp3) is 0.714. The Bertz CT molecular complexity index is 691. The van der Waals surface area contributed by atoms with Crippen LogP contribution in [-0.4, -0.2) is 11.2 Å². The summed E-state index contributed by atoms with van der Waals surface area (Å²) in [5, 5.41) is 10.1. The second-order valence-corrected chi connectivity index (χ2v) is 10.9. The van der Waals surface area contributed by atoms with E-state index in [9.17, 15) is 5.11 Å². The molecule has 1 heteroatoms. The van der Waals surface area contributed by atoms with Crippen molar-refractivity contribution in [1.82, 2.24) is 0 Å². The number of hydrogen-bond donors (Lipinski definition) is 1. The van der Waals surface area contributed by atoms with E-state index in [0.717, 1.165) is 31.1 Å². The van der Waals surface area contributed by atoms with Gasteiger partial charge in [0.25, 0.3) is 0 Å². The maximum atomic E-state index is 10.1. The number of rotatable bonds is 6. The second-order valence-electron chi connectivity index (χ2n) is 10.9. The highest BCUT2D eigenvalue weighted by Gasteiger charge is 2.49. The molecule has 162 valence electrons. The van der Waals surface area contributed by atoms with Crippen molar-refractivity contribution in [3.05, 3.63) is 47.1 Å². The third-order valence-electron chi connectivity index (χ3n) is 8.61. The topological polar surface area (TPSA) is 20.2 Å². The molecular formula is C28H44O. The summed E-state index contributed by atoms with van der Waals surface area (Å²) in [4.78, 5) is 0. The average molecular weight is 397 g/mol. The standard InChI is InChI=1S/C28H44O/c1-19(2)20(3)9-10-22(5)26-15-16-27-23(8-7-17-28(26,27)6)12-13-24-18-25(29)14-11-21(24)4/h8-10,12-13,19-20,22,25-27,29H,7,11,14-18H2,1-6H3/t20-,22+,25-,26+,27-,28+/m0/s1. The first-order valence-electron chi connectivity index (χ1n) is 12.2. The zero-order chi connectivity index (χ0) is 21.2. The summed E-state index contributed by atoms with van der Waals surface area (Å²) in [6.45, 7) is 14.2. The van der Waals surface area contributed by atoms with Gasteiger partial charge in [0.1, 0.15) is 0 Å². The zero-order valence-corrected chi connectivity index (χ0v) is 19.7. The van der Waals surface area contributed by atoms with Crippen LogP contribution in [-0.2, 0) is 0 Å². The Labute approximate surface area is 180 Å². The van der Waals surface area contributed by atoms with Crippen molar-refractivity contribution in [2.45, 2.75) is 92.6 Å². The summed E-state index contributed by atoms with van der Waals surface area (Å²) in [6, 6.07) is 0. The quantitative estimate of drug-likeness (QED) is 0.457. The van der Waals surface area contributed by atoms with Gasteiger partial charge in [0, 0.05) is 0 Å². The minimum atomic E-state index is -0.152. The van der Waals surface area contributed by atoms with Crippen molar-refractivity contribution >= 4 is 0 Å². The molecule has 1 N–H and O–H groups in total. The molecule has 0 spiro atoms. The Balaban J connectivity index is 1.73. The number of fused-ring (bicyclic) bond motifs is 1. The summed E-state index contributed by atoms with van der Waals surface area (Å²) in [7, 11) is 0. The molecule has 1 nitrogen and oxygen atoms in total. The van der Waals surface area contributed by atoms with E-state index in [2.05, 4.69) is 71.9 Å². The van der Waals surface area contributed by atoms with E-state index in [1.807, 2.05) is 0 Å². The highest BCUT2D eigenvalue weighted by atomic mass is 16.3. The molecule has 29 heavy (non-hydrogen) atoms. The number of aliphatic hydroxyl groups excluding tert-OH is 1. The van der Waals surface area contributed by atoms with E-state index in [0.29, 0.717) is 23.2 Å². The molecule has 0 unspecified atom stereocenters. The molecule has 6 atom stereocenters. The molecule has 0 aromatic rings. The second kappa shape index (κ2) is 9.38. The lowest BCUT2D eigenvalue weighted by atomic mass is 9.62. The molecule has 3 aliphatic carbocycles. The van der Waals surface area contributed by atoms with E-state index >= 15 is 0 Å². The van der Waals surface area contributed by atoms with Gasteiger partial charge in [-0.3, -0.25) is 0 Å². The molecule has 3 aliphatic rings. The number of allylic oxidation sites excluding steroid dienone is 7. The zero-order valence-electron chi connectivity index (χ0n) is 19.7. The SMILES string of the molecule is CC1=C(C=CC2=CCC[C@]3(C)[C@@H]([C@H](C)C=C[C@H](C)C(C)C)CC[C@@H]23)C[C@@H](O)CC1. The van der Waals surface area contributed by atoms with Crippen LogP contribution in [0, 0.1) is 35.0 Å². The predicted octanol–water partition coefficient (Wildman–Crippen LogP) is 7.64. The first-order valence-corrected chi connectivity index (χ1v) is 12.2. The highest BCUT2D eigenvalue weighted by molar-refractivity contribution is 5.36. The van der Waals surface area contributed by atoms with Crippen molar-refractivity contribution in [2.24, 2.45) is 35.0 Å². The van der Waals surface area contributed by atoms with Crippen molar-refractivity contribution in [3.8, 4) is 0 Å². The molecule has 1 saturated carbocycles. The normalized spacial score (nSPS) is 35.4. The predicted molar refractivity (Wildman–Crippen MR) is 126 cm³/mol. The van der Waals surface area contributed by atoms with Crippen LogP contribution in [0.4, 0.5) is 0 Å². The summed E-state index contributed by atoms with van der Waals surface area (Å²) in [6.07, 6.45) is 20.1.